The van der Waals surface area contributed by atoms with Crippen LogP contribution in [-0.4, -0.2) is 21.5 Å². The number of amides is 1. The van der Waals surface area contributed by atoms with E-state index in [-0.39, 0.29) is 17.7 Å². The zero-order valence-corrected chi connectivity index (χ0v) is 11.6. The Hall–Kier alpha value is -0.780. The van der Waals surface area contributed by atoms with E-state index >= 15 is 0 Å². The van der Waals surface area contributed by atoms with Crippen LogP contribution in [0.4, 0.5) is 0 Å². The van der Waals surface area contributed by atoms with Crippen LogP contribution < -0.4 is 5.32 Å². The number of aromatic hydroxyl groups is 1. The lowest BCUT2D eigenvalue weighted by Gasteiger charge is -2.19. The van der Waals surface area contributed by atoms with Crippen molar-refractivity contribution in [2.45, 2.75) is 19.9 Å². The Morgan fingerprint density at radius 2 is 2.19 bits per heavy atom. The Balaban J connectivity index is 2.72. The summed E-state index contributed by atoms with van der Waals surface area (Å²) >= 11 is 2.26. The van der Waals surface area contributed by atoms with Gasteiger partial charge < -0.3 is 10.4 Å². The zero-order valence-electron chi connectivity index (χ0n) is 9.40. The van der Waals surface area contributed by atoms with Crippen LogP contribution in [0.3, 0.4) is 0 Å². The highest BCUT2D eigenvalue weighted by atomic mass is 127. The van der Waals surface area contributed by atoms with Crippen LogP contribution in [0.15, 0.2) is 24.3 Å². The number of alkyl halides is 1. The average Bonchev–Trinajstić information content (AvgIpc) is 2.25. The number of phenols is 1. The van der Waals surface area contributed by atoms with Crippen molar-refractivity contribution >= 4 is 28.5 Å². The first-order valence-electron chi connectivity index (χ1n) is 5.20. The van der Waals surface area contributed by atoms with Gasteiger partial charge in [0.2, 0.25) is 0 Å². The molecule has 1 amide bonds. The summed E-state index contributed by atoms with van der Waals surface area (Å²) in [6, 6.07) is 6.54. The van der Waals surface area contributed by atoms with Gasteiger partial charge in [0.1, 0.15) is 5.75 Å². The quantitative estimate of drug-likeness (QED) is 0.657. The van der Waals surface area contributed by atoms with Gasteiger partial charge in [-0.2, -0.15) is 0 Å². The van der Waals surface area contributed by atoms with Crippen LogP contribution >= 0.6 is 22.6 Å². The van der Waals surface area contributed by atoms with E-state index in [1.165, 1.54) is 6.07 Å². The van der Waals surface area contributed by atoms with Gasteiger partial charge in [-0.25, -0.2) is 0 Å². The molecular weight excluding hydrogens is 317 g/mol. The number of nitrogens with one attached hydrogen (secondary N) is 1. The molecule has 2 N–H and O–H groups in total. The van der Waals surface area contributed by atoms with Crippen molar-refractivity contribution in [2.24, 2.45) is 5.92 Å². The first-order valence-corrected chi connectivity index (χ1v) is 6.73. The molecule has 0 aliphatic carbocycles. The molecule has 4 heteroatoms. The van der Waals surface area contributed by atoms with E-state index in [1.54, 1.807) is 18.2 Å². The maximum absolute atomic E-state index is 11.8. The van der Waals surface area contributed by atoms with E-state index in [4.69, 9.17) is 0 Å². The van der Waals surface area contributed by atoms with E-state index in [0.717, 1.165) is 4.43 Å². The minimum Gasteiger partial charge on any atom is -0.508 e. The maximum atomic E-state index is 11.8. The highest BCUT2D eigenvalue weighted by molar-refractivity contribution is 14.1. The molecule has 0 spiro atoms. The summed E-state index contributed by atoms with van der Waals surface area (Å²) in [7, 11) is 0. The first kappa shape index (κ1) is 13.3. The Kier molecular flexibility index (Phi) is 5.05. The summed E-state index contributed by atoms with van der Waals surface area (Å²) in [5.41, 5.74) is 0.496. The molecule has 0 radical (unpaired) electrons. The minimum absolute atomic E-state index is 0.114. The third-order valence-electron chi connectivity index (χ3n) is 2.40. The lowest BCUT2D eigenvalue weighted by atomic mass is 10.1. The number of halogens is 1. The molecule has 16 heavy (non-hydrogen) atoms. The summed E-state index contributed by atoms with van der Waals surface area (Å²) in [4.78, 5) is 11.8. The summed E-state index contributed by atoms with van der Waals surface area (Å²) < 4.78 is 0.875. The number of rotatable bonds is 4. The topological polar surface area (TPSA) is 49.3 Å². The predicted octanol–water partition coefficient (Wildman–Crippen LogP) is 2.58. The molecule has 1 unspecified atom stereocenters. The average molecular weight is 333 g/mol. The molecule has 1 atom stereocenters. The molecule has 0 bridgehead atoms. The fourth-order valence-corrected chi connectivity index (χ4v) is 2.52. The molecule has 88 valence electrons. The highest BCUT2D eigenvalue weighted by Gasteiger charge is 2.15. The lowest BCUT2D eigenvalue weighted by Crippen LogP contribution is -2.39. The molecule has 3 nitrogen and oxygen atoms in total. The van der Waals surface area contributed by atoms with Crippen LogP contribution in [-0.2, 0) is 0 Å². The van der Waals surface area contributed by atoms with Gasteiger partial charge in [-0.15, -0.1) is 0 Å². The molecule has 0 saturated carbocycles. The Labute approximate surface area is 109 Å². The van der Waals surface area contributed by atoms with E-state index in [2.05, 4.69) is 41.8 Å². The maximum Gasteiger partial charge on any atom is 0.251 e. The van der Waals surface area contributed by atoms with Crippen molar-refractivity contribution in [1.82, 2.24) is 5.32 Å². The van der Waals surface area contributed by atoms with Gasteiger partial charge in [-0.05, 0) is 24.1 Å². The Bertz CT molecular complexity index is 366. The van der Waals surface area contributed by atoms with Crippen molar-refractivity contribution < 1.29 is 9.90 Å². The highest BCUT2D eigenvalue weighted by Crippen LogP contribution is 2.12. The van der Waals surface area contributed by atoms with E-state index in [9.17, 15) is 9.90 Å². The van der Waals surface area contributed by atoms with E-state index in [0.29, 0.717) is 11.5 Å². The van der Waals surface area contributed by atoms with Gasteiger partial charge >= 0.3 is 0 Å². The van der Waals surface area contributed by atoms with Crippen LogP contribution in [0.1, 0.15) is 24.2 Å². The van der Waals surface area contributed by atoms with Crippen molar-refractivity contribution in [2.75, 3.05) is 4.43 Å². The Morgan fingerprint density at radius 3 is 2.69 bits per heavy atom. The van der Waals surface area contributed by atoms with Gasteiger partial charge in [-0.3, -0.25) is 4.79 Å². The predicted molar refractivity (Wildman–Crippen MR) is 73.1 cm³/mol. The molecule has 1 aromatic rings. The fourth-order valence-electron chi connectivity index (χ4n) is 1.28. The lowest BCUT2D eigenvalue weighted by molar-refractivity contribution is 0.0931. The third kappa shape index (κ3) is 3.66. The largest absolute Gasteiger partial charge is 0.508 e. The van der Waals surface area contributed by atoms with Gasteiger partial charge in [0.05, 0.1) is 0 Å². The van der Waals surface area contributed by atoms with Gasteiger partial charge in [0.25, 0.3) is 5.91 Å². The molecule has 0 fully saturated rings. The van der Waals surface area contributed by atoms with Crippen molar-refractivity contribution in [3.8, 4) is 5.75 Å². The monoisotopic (exact) mass is 333 g/mol. The van der Waals surface area contributed by atoms with Gasteiger partial charge in [0.15, 0.2) is 0 Å². The number of phenolic OH excluding ortho intramolecular Hbond substituents is 1. The second-order valence-electron chi connectivity index (χ2n) is 4.03. The first-order chi connectivity index (χ1) is 7.54. The minimum atomic E-state index is -0.133. The molecule has 0 aliphatic heterocycles. The molecule has 0 saturated heterocycles. The SMILES string of the molecule is CC(C)C(CI)NC(=O)c1cccc(O)c1. The van der Waals surface area contributed by atoms with Crippen molar-refractivity contribution in [1.29, 1.82) is 0 Å². The second-order valence-corrected chi connectivity index (χ2v) is 4.91. The molecule has 0 aliphatic rings. The van der Waals surface area contributed by atoms with Gasteiger partial charge in [-0.1, -0.05) is 42.5 Å². The molecular formula is C12H16INO2. The number of carbonyl (C=O) groups excluding carboxylic acids is 1. The summed E-state index contributed by atoms with van der Waals surface area (Å²) in [5, 5.41) is 12.2. The number of carbonyl (C=O) groups is 1. The summed E-state index contributed by atoms with van der Waals surface area (Å²) in [6.45, 7) is 4.15. The summed E-state index contributed by atoms with van der Waals surface area (Å²) in [6.07, 6.45) is 0. The second kappa shape index (κ2) is 6.08. The summed E-state index contributed by atoms with van der Waals surface area (Å²) in [5.74, 6) is 0.382. The van der Waals surface area contributed by atoms with E-state index in [1.807, 2.05) is 0 Å². The Morgan fingerprint density at radius 1 is 1.50 bits per heavy atom. The van der Waals surface area contributed by atoms with Crippen LogP contribution in [0.25, 0.3) is 0 Å². The number of hydrogen-bond donors (Lipinski definition) is 2. The van der Waals surface area contributed by atoms with E-state index < -0.39 is 0 Å². The number of benzene rings is 1. The normalized spacial score (nSPS) is 12.5. The van der Waals surface area contributed by atoms with Crippen molar-refractivity contribution in [3.63, 3.8) is 0 Å². The number of hydrogen-bond acceptors (Lipinski definition) is 2. The molecule has 1 aromatic carbocycles. The zero-order chi connectivity index (χ0) is 12.1. The van der Waals surface area contributed by atoms with Crippen LogP contribution in [0, 0.1) is 5.92 Å². The van der Waals surface area contributed by atoms with Crippen molar-refractivity contribution in [3.05, 3.63) is 29.8 Å². The molecule has 0 heterocycles. The molecule has 0 aromatic heterocycles. The fraction of sp³-hybridized carbons (Fsp3) is 0.417. The molecule has 1 rings (SSSR count). The third-order valence-corrected chi connectivity index (χ3v) is 3.34. The van der Waals surface area contributed by atoms with Crippen LogP contribution in [0.5, 0.6) is 5.75 Å². The smallest absolute Gasteiger partial charge is 0.251 e. The standard InChI is InChI=1S/C12H16INO2/c1-8(2)11(7-13)14-12(16)9-4-3-5-10(15)6-9/h3-6,8,11,15H,7H2,1-2H3,(H,14,16). The van der Waals surface area contributed by atoms with Crippen LogP contribution in [0.2, 0.25) is 0 Å². The van der Waals surface area contributed by atoms with Gasteiger partial charge in [0, 0.05) is 16.0 Å².